The molecule has 2 heterocycles. The van der Waals surface area contributed by atoms with Crippen molar-refractivity contribution in [1.29, 1.82) is 0 Å². The molecule has 0 aliphatic carbocycles. The molecular formula is C18H19N3. The van der Waals surface area contributed by atoms with Crippen LogP contribution in [-0.2, 0) is 6.42 Å². The maximum absolute atomic E-state index is 4.52. The maximum atomic E-state index is 4.52. The predicted octanol–water partition coefficient (Wildman–Crippen LogP) is 4.55. The molecule has 0 atom stereocenters. The number of hydrogen-bond acceptors (Lipinski definition) is 3. The Kier molecular flexibility index (Phi) is 3.57. The molecule has 0 saturated carbocycles. The van der Waals surface area contributed by atoms with Crippen molar-refractivity contribution in [2.75, 3.05) is 5.32 Å². The highest BCUT2D eigenvalue weighted by Gasteiger charge is 2.06. The van der Waals surface area contributed by atoms with Crippen LogP contribution in [0.1, 0.15) is 23.9 Å². The lowest BCUT2D eigenvalue weighted by molar-refractivity contribution is 1.14. The largest absolute Gasteiger partial charge is 0.355 e. The Labute approximate surface area is 125 Å². The second-order valence-electron chi connectivity index (χ2n) is 5.31. The quantitative estimate of drug-likeness (QED) is 0.763. The Bertz CT molecular complexity index is 771. The molecule has 1 aromatic carbocycles. The number of nitrogens with one attached hydrogen (secondary N) is 1. The lowest BCUT2D eigenvalue weighted by Gasteiger charge is -2.11. The number of benzene rings is 1. The highest BCUT2D eigenvalue weighted by atomic mass is 14.9. The SMILES string of the molecule is CCc1ccc(Nc2cc(C)nc3nc(C)ccc23)cc1. The lowest BCUT2D eigenvalue weighted by atomic mass is 10.1. The predicted molar refractivity (Wildman–Crippen MR) is 88.1 cm³/mol. The minimum atomic E-state index is 0.794. The second kappa shape index (κ2) is 5.52. The van der Waals surface area contributed by atoms with Gasteiger partial charge in [-0.3, -0.25) is 0 Å². The zero-order valence-electron chi connectivity index (χ0n) is 12.6. The summed E-state index contributed by atoms with van der Waals surface area (Å²) in [5.41, 5.74) is 6.22. The van der Waals surface area contributed by atoms with Gasteiger partial charge in [-0.2, -0.15) is 0 Å². The average Bonchev–Trinajstić information content (AvgIpc) is 2.47. The van der Waals surface area contributed by atoms with E-state index in [9.17, 15) is 0 Å². The fourth-order valence-electron chi connectivity index (χ4n) is 2.41. The number of aromatic nitrogens is 2. The number of pyridine rings is 2. The fourth-order valence-corrected chi connectivity index (χ4v) is 2.41. The minimum absolute atomic E-state index is 0.794. The topological polar surface area (TPSA) is 37.8 Å². The summed E-state index contributed by atoms with van der Waals surface area (Å²) in [6, 6.07) is 14.7. The van der Waals surface area contributed by atoms with Crippen LogP contribution in [-0.4, -0.2) is 9.97 Å². The number of rotatable bonds is 3. The molecule has 0 radical (unpaired) electrons. The van der Waals surface area contributed by atoms with Crippen molar-refractivity contribution in [3.05, 3.63) is 59.4 Å². The summed E-state index contributed by atoms with van der Waals surface area (Å²) in [5, 5.41) is 4.53. The first-order chi connectivity index (χ1) is 10.2. The summed E-state index contributed by atoms with van der Waals surface area (Å²) in [6.45, 7) is 6.14. The van der Waals surface area contributed by atoms with Gasteiger partial charge in [0.15, 0.2) is 5.65 Å². The molecule has 0 aliphatic rings. The van der Waals surface area contributed by atoms with Gasteiger partial charge in [-0.25, -0.2) is 9.97 Å². The van der Waals surface area contributed by atoms with Gasteiger partial charge in [-0.1, -0.05) is 19.1 Å². The lowest BCUT2D eigenvalue weighted by Crippen LogP contribution is -1.97. The highest BCUT2D eigenvalue weighted by molar-refractivity contribution is 5.91. The van der Waals surface area contributed by atoms with Crippen LogP contribution in [0.2, 0.25) is 0 Å². The Morgan fingerprint density at radius 1 is 0.905 bits per heavy atom. The zero-order chi connectivity index (χ0) is 14.8. The van der Waals surface area contributed by atoms with Gasteiger partial charge >= 0.3 is 0 Å². The van der Waals surface area contributed by atoms with Crippen LogP contribution < -0.4 is 5.32 Å². The van der Waals surface area contributed by atoms with E-state index in [1.165, 1.54) is 5.56 Å². The summed E-state index contributed by atoms with van der Waals surface area (Å²) in [4.78, 5) is 9.03. The highest BCUT2D eigenvalue weighted by Crippen LogP contribution is 2.26. The van der Waals surface area contributed by atoms with Crippen LogP contribution in [0.3, 0.4) is 0 Å². The molecule has 3 rings (SSSR count). The maximum Gasteiger partial charge on any atom is 0.161 e. The van der Waals surface area contributed by atoms with Crippen LogP contribution in [0.25, 0.3) is 11.0 Å². The Hall–Kier alpha value is -2.42. The van der Waals surface area contributed by atoms with Gasteiger partial charge < -0.3 is 5.32 Å². The summed E-state index contributed by atoms with van der Waals surface area (Å²) in [5.74, 6) is 0. The van der Waals surface area contributed by atoms with Gasteiger partial charge in [0.2, 0.25) is 0 Å². The molecule has 3 aromatic rings. The molecule has 0 fully saturated rings. The van der Waals surface area contributed by atoms with E-state index in [1.807, 2.05) is 19.9 Å². The first-order valence-electron chi connectivity index (χ1n) is 7.26. The van der Waals surface area contributed by atoms with E-state index in [-0.39, 0.29) is 0 Å². The summed E-state index contributed by atoms with van der Waals surface area (Å²) in [6.07, 6.45) is 1.06. The average molecular weight is 277 g/mol. The standard InChI is InChI=1S/C18H19N3/c1-4-14-6-8-15(9-7-14)21-17-11-13(3)20-18-16(17)10-5-12(2)19-18/h5-11H,4H2,1-3H3,(H,19,20,21). The molecular weight excluding hydrogens is 258 g/mol. The third kappa shape index (κ3) is 2.87. The number of nitrogens with zero attached hydrogens (tertiary/aromatic N) is 2. The van der Waals surface area contributed by atoms with Gasteiger partial charge in [0.1, 0.15) is 0 Å². The van der Waals surface area contributed by atoms with Crippen molar-refractivity contribution in [3.63, 3.8) is 0 Å². The summed E-state index contributed by atoms with van der Waals surface area (Å²) >= 11 is 0. The smallest absolute Gasteiger partial charge is 0.161 e. The monoisotopic (exact) mass is 277 g/mol. The summed E-state index contributed by atoms with van der Waals surface area (Å²) in [7, 11) is 0. The molecule has 21 heavy (non-hydrogen) atoms. The molecule has 3 nitrogen and oxygen atoms in total. The first-order valence-corrected chi connectivity index (χ1v) is 7.26. The van der Waals surface area contributed by atoms with E-state index in [1.54, 1.807) is 0 Å². The molecule has 106 valence electrons. The van der Waals surface area contributed by atoms with Crippen molar-refractivity contribution < 1.29 is 0 Å². The van der Waals surface area contributed by atoms with Gasteiger partial charge in [0.05, 0.1) is 5.69 Å². The van der Waals surface area contributed by atoms with Gasteiger partial charge in [0, 0.05) is 22.5 Å². The third-order valence-corrected chi connectivity index (χ3v) is 3.58. The second-order valence-corrected chi connectivity index (χ2v) is 5.31. The zero-order valence-corrected chi connectivity index (χ0v) is 12.6. The Morgan fingerprint density at radius 3 is 2.33 bits per heavy atom. The molecule has 2 aromatic heterocycles. The number of anilines is 2. The van der Waals surface area contributed by atoms with Gasteiger partial charge in [0.25, 0.3) is 0 Å². The van der Waals surface area contributed by atoms with E-state index < -0.39 is 0 Å². The van der Waals surface area contributed by atoms with E-state index in [2.05, 4.69) is 58.6 Å². The van der Waals surface area contributed by atoms with Crippen LogP contribution in [0.4, 0.5) is 11.4 Å². The molecule has 0 unspecified atom stereocenters. The molecule has 1 N–H and O–H groups in total. The Morgan fingerprint density at radius 2 is 1.62 bits per heavy atom. The van der Waals surface area contributed by atoms with E-state index in [0.717, 1.165) is 40.2 Å². The van der Waals surface area contributed by atoms with Crippen molar-refractivity contribution in [3.8, 4) is 0 Å². The van der Waals surface area contributed by atoms with Crippen molar-refractivity contribution in [1.82, 2.24) is 9.97 Å². The van der Waals surface area contributed by atoms with Crippen molar-refractivity contribution in [2.45, 2.75) is 27.2 Å². The van der Waals surface area contributed by atoms with Crippen molar-refractivity contribution >= 4 is 22.4 Å². The molecule has 0 saturated heterocycles. The van der Waals surface area contributed by atoms with Crippen molar-refractivity contribution in [2.24, 2.45) is 0 Å². The molecule has 3 heteroatoms. The fraction of sp³-hybridized carbons (Fsp3) is 0.222. The van der Waals surface area contributed by atoms with E-state index in [4.69, 9.17) is 0 Å². The molecule has 0 bridgehead atoms. The Balaban J connectivity index is 2.02. The van der Waals surface area contributed by atoms with Gasteiger partial charge in [-0.05, 0) is 56.2 Å². The van der Waals surface area contributed by atoms with Crippen LogP contribution in [0, 0.1) is 13.8 Å². The van der Waals surface area contributed by atoms with E-state index in [0.29, 0.717) is 0 Å². The van der Waals surface area contributed by atoms with Crippen LogP contribution >= 0.6 is 0 Å². The van der Waals surface area contributed by atoms with Gasteiger partial charge in [-0.15, -0.1) is 0 Å². The number of hydrogen-bond donors (Lipinski definition) is 1. The molecule has 0 amide bonds. The van der Waals surface area contributed by atoms with Crippen LogP contribution in [0.15, 0.2) is 42.5 Å². The molecule has 0 spiro atoms. The summed E-state index contributed by atoms with van der Waals surface area (Å²) < 4.78 is 0. The minimum Gasteiger partial charge on any atom is -0.355 e. The first kappa shape index (κ1) is 13.6. The normalized spacial score (nSPS) is 10.8. The third-order valence-electron chi connectivity index (χ3n) is 3.58. The molecule has 0 aliphatic heterocycles. The number of aryl methyl sites for hydroxylation is 3. The number of fused-ring (bicyclic) bond motifs is 1. The van der Waals surface area contributed by atoms with Crippen LogP contribution in [0.5, 0.6) is 0 Å². The van der Waals surface area contributed by atoms with E-state index >= 15 is 0 Å².